The molecule has 144 valence electrons. The van der Waals surface area contributed by atoms with Crippen LogP contribution >= 0.6 is 8.58 Å². The van der Waals surface area contributed by atoms with Gasteiger partial charge >= 0.3 is 0 Å². The SMILES string of the molecule is CP/C=C\C1=C(C)C2(c3ccccc31)c1ccccc1-c1cc3ccccc3cc12. The first-order valence-electron chi connectivity index (χ1n) is 10.5. The largest absolute Gasteiger partial charge is 0.102 e. The van der Waals surface area contributed by atoms with Gasteiger partial charge in [0.25, 0.3) is 0 Å². The maximum absolute atomic E-state index is 2.44. The summed E-state index contributed by atoms with van der Waals surface area (Å²) in [6.45, 7) is 4.58. The normalized spacial score (nSPS) is 19.4. The molecular weight excluding hydrogens is 379 g/mol. The predicted molar refractivity (Wildman–Crippen MR) is 132 cm³/mol. The molecule has 2 aliphatic carbocycles. The van der Waals surface area contributed by atoms with E-state index in [-0.39, 0.29) is 5.41 Å². The second-order valence-corrected chi connectivity index (χ2v) is 9.16. The van der Waals surface area contributed by atoms with E-state index >= 15 is 0 Å². The second-order valence-electron chi connectivity index (χ2n) is 8.25. The third kappa shape index (κ3) is 2.15. The van der Waals surface area contributed by atoms with E-state index in [0.29, 0.717) is 0 Å². The van der Waals surface area contributed by atoms with Crippen LogP contribution in [0.5, 0.6) is 0 Å². The van der Waals surface area contributed by atoms with Crippen molar-refractivity contribution in [2.24, 2.45) is 0 Å². The van der Waals surface area contributed by atoms with Gasteiger partial charge in [0.1, 0.15) is 0 Å². The van der Waals surface area contributed by atoms with E-state index in [2.05, 4.69) is 110 Å². The molecular formula is C29H23P. The highest BCUT2D eigenvalue weighted by Crippen LogP contribution is 2.62. The summed E-state index contributed by atoms with van der Waals surface area (Å²) in [6, 6.07) is 31.6. The molecule has 0 amide bonds. The molecule has 1 spiro atoms. The second kappa shape index (κ2) is 6.53. The maximum Gasteiger partial charge on any atom is 0.0685 e. The lowest BCUT2D eigenvalue weighted by atomic mass is 9.70. The fourth-order valence-electron chi connectivity index (χ4n) is 5.69. The molecule has 0 aromatic heterocycles. The van der Waals surface area contributed by atoms with Crippen LogP contribution < -0.4 is 0 Å². The quantitative estimate of drug-likeness (QED) is 0.301. The van der Waals surface area contributed by atoms with E-state index in [1.165, 1.54) is 55.3 Å². The Morgan fingerprint density at radius 2 is 1.27 bits per heavy atom. The molecule has 30 heavy (non-hydrogen) atoms. The molecule has 0 radical (unpaired) electrons. The van der Waals surface area contributed by atoms with Crippen molar-refractivity contribution in [1.29, 1.82) is 0 Å². The van der Waals surface area contributed by atoms with Crippen LogP contribution in [0.2, 0.25) is 0 Å². The van der Waals surface area contributed by atoms with E-state index in [1.54, 1.807) is 0 Å². The smallest absolute Gasteiger partial charge is 0.0685 e. The monoisotopic (exact) mass is 402 g/mol. The molecule has 2 unspecified atom stereocenters. The first kappa shape index (κ1) is 17.9. The van der Waals surface area contributed by atoms with Crippen molar-refractivity contribution in [2.75, 3.05) is 6.66 Å². The number of hydrogen-bond donors (Lipinski definition) is 0. The molecule has 2 atom stereocenters. The van der Waals surface area contributed by atoms with Crippen molar-refractivity contribution in [3.05, 3.63) is 125 Å². The maximum atomic E-state index is 2.44. The Hall–Kier alpha value is -2.95. The standard InChI is InChI=1S/C29H23P/c1-19-22(15-16-30-2)23-11-5-7-13-26(23)29(19)27-14-8-6-12-24(27)25-17-20-9-3-4-10-21(20)18-28(25)29/h3-18,30H,1-2H3/b16-15-. The predicted octanol–water partition coefficient (Wildman–Crippen LogP) is 7.76. The highest BCUT2D eigenvalue weighted by atomic mass is 31.1. The Morgan fingerprint density at radius 1 is 0.667 bits per heavy atom. The van der Waals surface area contributed by atoms with Gasteiger partial charge in [0.2, 0.25) is 0 Å². The van der Waals surface area contributed by atoms with Crippen LogP contribution in [0.3, 0.4) is 0 Å². The lowest BCUT2D eigenvalue weighted by molar-refractivity contribution is 0.767. The van der Waals surface area contributed by atoms with Gasteiger partial charge in [0.05, 0.1) is 5.41 Å². The van der Waals surface area contributed by atoms with Crippen LogP contribution in [0.4, 0.5) is 0 Å². The van der Waals surface area contributed by atoms with Crippen molar-refractivity contribution in [3.8, 4) is 11.1 Å². The minimum atomic E-state index is -0.205. The highest BCUT2D eigenvalue weighted by molar-refractivity contribution is 7.40. The zero-order chi connectivity index (χ0) is 20.3. The number of fused-ring (bicyclic) bond motifs is 8. The van der Waals surface area contributed by atoms with E-state index in [1.807, 2.05) is 0 Å². The summed E-state index contributed by atoms with van der Waals surface area (Å²) in [5.74, 6) is 2.32. The van der Waals surface area contributed by atoms with Gasteiger partial charge in [-0.25, -0.2) is 0 Å². The van der Waals surface area contributed by atoms with Gasteiger partial charge in [0, 0.05) is 0 Å². The van der Waals surface area contributed by atoms with Gasteiger partial charge in [-0.15, -0.1) is 8.58 Å². The topological polar surface area (TPSA) is 0 Å². The van der Waals surface area contributed by atoms with Gasteiger partial charge in [-0.05, 0) is 81.0 Å². The first-order valence-corrected chi connectivity index (χ1v) is 12.1. The molecule has 0 bridgehead atoms. The summed E-state index contributed by atoms with van der Waals surface area (Å²) in [4.78, 5) is 0. The molecule has 0 fully saturated rings. The average Bonchev–Trinajstić information content (AvgIpc) is 3.22. The Balaban J connectivity index is 1.80. The molecule has 0 aliphatic heterocycles. The Labute approximate surface area is 179 Å². The molecule has 1 heteroatoms. The third-order valence-electron chi connectivity index (χ3n) is 6.92. The first-order chi connectivity index (χ1) is 14.8. The molecule has 4 aromatic rings. The van der Waals surface area contributed by atoms with Crippen molar-refractivity contribution in [3.63, 3.8) is 0 Å². The Kier molecular flexibility index (Phi) is 3.89. The van der Waals surface area contributed by atoms with E-state index in [9.17, 15) is 0 Å². The summed E-state index contributed by atoms with van der Waals surface area (Å²) in [5, 5.41) is 2.62. The van der Waals surface area contributed by atoms with Crippen molar-refractivity contribution in [2.45, 2.75) is 12.3 Å². The molecule has 0 N–H and O–H groups in total. The van der Waals surface area contributed by atoms with Crippen LogP contribution in [0.25, 0.3) is 27.5 Å². The fraction of sp³-hybridized carbons (Fsp3) is 0.103. The summed E-state index contributed by atoms with van der Waals surface area (Å²) in [7, 11) is 0.809. The molecule has 6 rings (SSSR count). The number of benzene rings is 4. The minimum absolute atomic E-state index is 0.205. The number of rotatable bonds is 2. The Bertz CT molecular complexity index is 1390. The van der Waals surface area contributed by atoms with Gasteiger partial charge in [0.15, 0.2) is 0 Å². The van der Waals surface area contributed by atoms with Gasteiger partial charge in [-0.2, -0.15) is 0 Å². The van der Waals surface area contributed by atoms with Crippen molar-refractivity contribution < 1.29 is 0 Å². The number of hydrogen-bond acceptors (Lipinski definition) is 0. The van der Waals surface area contributed by atoms with Crippen LogP contribution in [0.1, 0.15) is 29.2 Å². The molecule has 0 saturated heterocycles. The number of allylic oxidation sites excluding steroid dienone is 3. The third-order valence-corrected chi connectivity index (χ3v) is 7.42. The molecule has 0 heterocycles. The highest BCUT2D eigenvalue weighted by Gasteiger charge is 2.50. The zero-order valence-corrected chi connectivity index (χ0v) is 18.2. The molecule has 4 aromatic carbocycles. The van der Waals surface area contributed by atoms with Gasteiger partial charge in [-0.3, -0.25) is 0 Å². The molecule has 2 aliphatic rings. The van der Waals surface area contributed by atoms with Crippen LogP contribution in [0.15, 0.2) is 102 Å². The minimum Gasteiger partial charge on any atom is -0.102 e. The van der Waals surface area contributed by atoms with Crippen LogP contribution in [-0.2, 0) is 5.41 Å². The zero-order valence-electron chi connectivity index (χ0n) is 17.2. The fourth-order valence-corrected chi connectivity index (χ4v) is 6.02. The lowest BCUT2D eigenvalue weighted by Crippen LogP contribution is -2.26. The summed E-state index contributed by atoms with van der Waals surface area (Å²) >= 11 is 0. The van der Waals surface area contributed by atoms with Crippen LogP contribution in [0, 0.1) is 0 Å². The molecule has 0 saturated carbocycles. The van der Waals surface area contributed by atoms with E-state index in [0.717, 1.165) is 8.58 Å². The van der Waals surface area contributed by atoms with Gasteiger partial charge in [-0.1, -0.05) is 84.7 Å². The average molecular weight is 402 g/mol. The van der Waals surface area contributed by atoms with E-state index < -0.39 is 0 Å². The lowest BCUT2D eigenvalue weighted by Gasteiger charge is -2.31. The van der Waals surface area contributed by atoms with Gasteiger partial charge < -0.3 is 0 Å². The Morgan fingerprint density at radius 3 is 2.00 bits per heavy atom. The summed E-state index contributed by atoms with van der Waals surface area (Å²) in [6.07, 6.45) is 2.35. The molecule has 0 nitrogen and oxygen atoms in total. The van der Waals surface area contributed by atoms with Crippen LogP contribution in [-0.4, -0.2) is 6.66 Å². The summed E-state index contributed by atoms with van der Waals surface area (Å²) in [5.41, 5.74) is 11.0. The van der Waals surface area contributed by atoms with Crippen molar-refractivity contribution in [1.82, 2.24) is 0 Å². The van der Waals surface area contributed by atoms with Crippen molar-refractivity contribution >= 4 is 24.9 Å². The summed E-state index contributed by atoms with van der Waals surface area (Å²) < 4.78 is 0. The van der Waals surface area contributed by atoms with E-state index in [4.69, 9.17) is 0 Å².